The van der Waals surface area contributed by atoms with Crippen LogP contribution in [0.4, 0.5) is 0 Å². The van der Waals surface area contributed by atoms with Gasteiger partial charge in [-0.2, -0.15) is 0 Å². The molecule has 8 heteroatoms. The van der Waals surface area contributed by atoms with E-state index in [2.05, 4.69) is 0 Å². The van der Waals surface area contributed by atoms with Gasteiger partial charge >= 0.3 is 0 Å². The number of sulfonamides is 1. The molecule has 0 saturated carbocycles. The highest BCUT2D eigenvalue weighted by Crippen LogP contribution is 2.22. The summed E-state index contributed by atoms with van der Waals surface area (Å²) in [6.07, 6.45) is 1.77. The number of likely N-dealkylation sites (tertiary alicyclic amines) is 1. The molecule has 1 aliphatic rings. The van der Waals surface area contributed by atoms with Gasteiger partial charge < -0.3 is 14.1 Å². The second kappa shape index (κ2) is 6.17. The van der Waals surface area contributed by atoms with Gasteiger partial charge in [0, 0.05) is 25.8 Å². The van der Waals surface area contributed by atoms with Crippen molar-refractivity contribution in [3.63, 3.8) is 0 Å². The van der Waals surface area contributed by atoms with E-state index < -0.39 is 10.0 Å². The number of nitrogens with zero attached hydrogens (tertiary/aromatic N) is 1. The number of primary sulfonamides is 1. The molecule has 1 amide bonds. The number of ether oxygens (including phenoxy) is 1. The van der Waals surface area contributed by atoms with Crippen molar-refractivity contribution in [1.29, 1.82) is 0 Å². The van der Waals surface area contributed by atoms with Crippen LogP contribution in [0.2, 0.25) is 0 Å². The lowest BCUT2D eigenvalue weighted by atomic mass is 10.1. The van der Waals surface area contributed by atoms with Crippen molar-refractivity contribution in [3.05, 3.63) is 17.6 Å². The molecule has 1 aromatic rings. The summed E-state index contributed by atoms with van der Waals surface area (Å²) < 4.78 is 33.6. The van der Waals surface area contributed by atoms with Gasteiger partial charge in [-0.05, 0) is 26.7 Å². The Balaban J connectivity index is 2.17. The van der Waals surface area contributed by atoms with Gasteiger partial charge in [-0.15, -0.1) is 0 Å². The molecule has 2 rings (SSSR count). The maximum absolute atomic E-state index is 12.4. The molecule has 7 nitrogen and oxygen atoms in total. The van der Waals surface area contributed by atoms with Gasteiger partial charge in [-0.1, -0.05) is 0 Å². The van der Waals surface area contributed by atoms with Crippen molar-refractivity contribution in [2.75, 3.05) is 19.7 Å². The van der Waals surface area contributed by atoms with E-state index in [9.17, 15) is 13.2 Å². The zero-order chi connectivity index (χ0) is 15.6. The van der Waals surface area contributed by atoms with E-state index in [0.717, 1.165) is 12.8 Å². The van der Waals surface area contributed by atoms with Crippen LogP contribution in [0.5, 0.6) is 0 Å². The molecule has 0 aromatic carbocycles. The molecule has 2 N–H and O–H groups in total. The molecule has 0 aliphatic carbocycles. The third-order valence-corrected chi connectivity index (χ3v) is 4.48. The summed E-state index contributed by atoms with van der Waals surface area (Å²) >= 11 is 0. The van der Waals surface area contributed by atoms with Gasteiger partial charge in [-0.25, -0.2) is 13.6 Å². The Bertz CT molecular complexity index is 621. The molecule has 21 heavy (non-hydrogen) atoms. The smallest absolute Gasteiger partial charge is 0.289 e. The Labute approximate surface area is 124 Å². The van der Waals surface area contributed by atoms with Crippen LogP contribution in [0, 0.1) is 6.92 Å². The summed E-state index contributed by atoms with van der Waals surface area (Å²) in [6.45, 7) is 5.07. The fraction of sp³-hybridized carbons (Fsp3) is 0.615. The Morgan fingerprint density at radius 3 is 2.86 bits per heavy atom. The van der Waals surface area contributed by atoms with E-state index in [1.54, 1.807) is 4.90 Å². The number of rotatable bonds is 4. The minimum absolute atomic E-state index is 0.00586. The molecular formula is C13H20N2O5S. The predicted molar refractivity (Wildman–Crippen MR) is 75.4 cm³/mol. The predicted octanol–water partition coefficient (Wildman–Crippen LogP) is 0.877. The minimum Gasteiger partial charge on any atom is -0.455 e. The maximum atomic E-state index is 12.4. The Morgan fingerprint density at radius 2 is 2.29 bits per heavy atom. The van der Waals surface area contributed by atoms with E-state index in [1.165, 1.54) is 13.0 Å². The van der Waals surface area contributed by atoms with Crippen molar-refractivity contribution in [1.82, 2.24) is 4.90 Å². The molecule has 1 aromatic heterocycles. The highest BCUT2D eigenvalue weighted by molar-refractivity contribution is 7.89. The average Bonchev–Trinajstić information content (AvgIpc) is 2.81. The summed E-state index contributed by atoms with van der Waals surface area (Å²) in [5.41, 5.74) is 0. The Morgan fingerprint density at radius 1 is 1.57 bits per heavy atom. The first kappa shape index (κ1) is 16.0. The van der Waals surface area contributed by atoms with E-state index in [0.29, 0.717) is 19.7 Å². The molecule has 0 radical (unpaired) electrons. The lowest BCUT2D eigenvalue weighted by Crippen LogP contribution is -2.43. The lowest BCUT2D eigenvalue weighted by Gasteiger charge is -2.31. The minimum atomic E-state index is -3.89. The quantitative estimate of drug-likeness (QED) is 0.888. The van der Waals surface area contributed by atoms with Crippen LogP contribution in [0.15, 0.2) is 15.4 Å². The number of carbonyl (C=O) groups excluding carboxylic acids is 1. The van der Waals surface area contributed by atoms with Crippen LogP contribution >= 0.6 is 0 Å². The monoisotopic (exact) mass is 316 g/mol. The molecular weight excluding hydrogens is 296 g/mol. The number of hydrogen-bond donors (Lipinski definition) is 1. The number of nitrogens with two attached hydrogens (primary N) is 1. The molecule has 1 fully saturated rings. The molecule has 1 aliphatic heterocycles. The number of amides is 1. The van der Waals surface area contributed by atoms with Crippen LogP contribution in [0.3, 0.4) is 0 Å². The van der Waals surface area contributed by atoms with E-state index in [-0.39, 0.29) is 28.4 Å². The van der Waals surface area contributed by atoms with Crippen LogP contribution in [0.1, 0.15) is 36.1 Å². The second-order valence-electron chi connectivity index (χ2n) is 5.05. The fourth-order valence-corrected chi connectivity index (χ4v) is 3.22. The zero-order valence-corrected chi connectivity index (χ0v) is 13.0. The van der Waals surface area contributed by atoms with Crippen molar-refractivity contribution in [2.45, 2.75) is 37.7 Å². The first-order valence-electron chi connectivity index (χ1n) is 6.87. The topological polar surface area (TPSA) is 103 Å². The molecule has 118 valence electrons. The zero-order valence-electron chi connectivity index (χ0n) is 12.2. The van der Waals surface area contributed by atoms with Crippen molar-refractivity contribution in [3.8, 4) is 0 Å². The molecule has 1 saturated heterocycles. The van der Waals surface area contributed by atoms with Gasteiger partial charge in [0.2, 0.25) is 10.0 Å². The van der Waals surface area contributed by atoms with Crippen molar-refractivity contribution in [2.24, 2.45) is 5.14 Å². The molecule has 0 bridgehead atoms. The standard InChI is InChI=1S/C13H20N2O5S/c1-3-19-10-5-4-6-15(8-10)13(16)11-7-12(9(2)20-11)21(14,17)18/h7,10H,3-6,8H2,1-2H3,(H2,14,17,18). The van der Waals surface area contributed by atoms with E-state index in [4.69, 9.17) is 14.3 Å². The first-order valence-corrected chi connectivity index (χ1v) is 8.41. The number of furan rings is 1. The number of aryl methyl sites for hydroxylation is 1. The van der Waals surface area contributed by atoms with Gasteiger partial charge in [0.25, 0.3) is 5.91 Å². The molecule has 1 atom stereocenters. The molecule has 2 heterocycles. The summed E-state index contributed by atoms with van der Waals surface area (Å²) in [6, 6.07) is 1.19. The second-order valence-corrected chi connectivity index (χ2v) is 6.58. The molecule has 0 spiro atoms. The van der Waals surface area contributed by atoms with E-state index in [1.807, 2.05) is 6.92 Å². The van der Waals surface area contributed by atoms with Gasteiger partial charge in [0.05, 0.1) is 6.10 Å². The fourth-order valence-electron chi connectivity index (χ4n) is 2.50. The largest absolute Gasteiger partial charge is 0.455 e. The van der Waals surface area contributed by atoms with Gasteiger partial charge in [0.15, 0.2) is 5.76 Å². The number of piperidine rings is 1. The highest BCUT2D eigenvalue weighted by atomic mass is 32.2. The first-order chi connectivity index (χ1) is 9.82. The normalized spacial score (nSPS) is 19.8. The summed E-state index contributed by atoms with van der Waals surface area (Å²) in [4.78, 5) is 13.9. The van der Waals surface area contributed by atoms with Gasteiger partial charge in [-0.3, -0.25) is 4.79 Å². The number of hydrogen-bond acceptors (Lipinski definition) is 5. The summed E-state index contributed by atoms with van der Waals surface area (Å²) in [7, 11) is -3.89. The lowest BCUT2D eigenvalue weighted by molar-refractivity contribution is 0.00613. The number of carbonyl (C=O) groups is 1. The maximum Gasteiger partial charge on any atom is 0.289 e. The SMILES string of the molecule is CCOC1CCCN(C(=O)c2cc(S(N)(=O)=O)c(C)o2)C1. The van der Waals surface area contributed by atoms with E-state index >= 15 is 0 Å². The Hall–Kier alpha value is -1.38. The molecule has 1 unspecified atom stereocenters. The van der Waals surface area contributed by atoms with Crippen LogP contribution in [0.25, 0.3) is 0 Å². The Kier molecular flexibility index (Phi) is 4.70. The summed E-state index contributed by atoms with van der Waals surface area (Å²) in [5, 5.41) is 5.08. The van der Waals surface area contributed by atoms with Crippen molar-refractivity contribution < 1.29 is 22.4 Å². The highest BCUT2D eigenvalue weighted by Gasteiger charge is 2.28. The average molecular weight is 316 g/mol. The van der Waals surface area contributed by atoms with Crippen LogP contribution in [-0.4, -0.2) is 45.0 Å². The van der Waals surface area contributed by atoms with Crippen LogP contribution in [-0.2, 0) is 14.8 Å². The third kappa shape index (κ3) is 3.63. The third-order valence-electron chi connectivity index (χ3n) is 3.46. The van der Waals surface area contributed by atoms with Crippen LogP contribution < -0.4 is 5.14 Å². The summed E-state index contributed by atoms with van der Waals surface area (Å²) in [5.74, 6) is -0.217. The van der Waals surface area contributed by atoms with Crippen molar-refractivity contribution >= 4 is 15.9 Å². The van der Waals surface area contributed by atoms with Gasteiger partial charge in [0.1, 0.15) is 10.7 Å².